The lowest BCUT2D eigenvalue weighted by Gasteiger charge is -1.92. The molecule has 0 amide bonds. The molecule has 0 aliphatic carbocycles. The van der Waals surface area contributed by atoms with Gasteiger partial charge in [-0.25, -0.2) is 0 Å². The maximum absolute atomic E-state index is 4.85. The van der Waals surface area contributed by atoms with E-state index in [0.717, 1.165) is 6.54 Å². The average Bonchev–Trinajstić information content (AvgIpc) is 1.69. The molecule has 0 heterocycles. The van der Waals surface area contributed by atoms with Gasteiger partial charge in [-0.1, -0.05) is 6.42 Å². The zero-order chi connectivity index (χ0) is 5.54. The smallest absolute Gasteiger partial charge is 0.0642 e. The molecule has 0 radical (unpaired) electrons. The summed E-state index contributed by atoms with van der Waals surface area (Å²) in [6.45, 7) is 1.40. The van der Waals surface area contributed by atoms with Crippen LogP contribution in [0.3, 0.4) is 0 Å². The van der Waals surface area contributed by atoms with E-state index in [2.05, 4.69) is 16.1 Å². The lowest BCUT2D eigenvalue weighted by Crippen LogP contribution is -2.11. The van der Waals surface area contributed by atoms with Gasteiger partial charge < -0.3 is 10.1 Å². The van der Waals surface area contributed by atoms with Crippen molar-refractivity contribution in [1.82, 2.24) is 5.32 Å². The topological polar surface area (TPSA) is 21.3 Å². The summed E-state index contributed by atoms with van der Waals surface area (Å²) in [4.78, 5) is 0. The number of terminal acetylenes is 1. The van der Waals surface area contributed by atoms with Gasteiger partial charge in [0.15, 0.2) is 0 Å². The lowest BCUT2D eigenvalue weighted by molar-refractivity contribution is 0.203. The van der Waals surface area contributed by atoms with Gasteiger partial charge >= 0.3 is 0 Å². The van der Waals surface area contributed by atoms with E-state index in [9.17, 15) is 0 Å². The van der Waals surface area contributed by atoms with Crippen molar-refractivity contribution in [2.75, 3.05) is 20.3 Å². The Morgan fingerprint density at radius 1 is 1.86 bits per heavy atom. The second-order valence-electron chi connectivity index (χ2n) is 1.06. The molecule has 1 N–H and O–H groups in total. The van der Waals surface area contributed by atoms with Crippen molar-refractivity contribution in [1.29, 1.82) is 0 Å². The number of rotatable bonds is 3. The molecule has 40 valence electrons. The number of ether oxygens (including phenoxy) is 1. The number of hydrogen-bond donors (Lipinski definition) is 1. The van der Waals surface area contributed by atoms with Crippen LogP contribution < -0.4 is 5.32 Å². The maximum atomic E-state index is 4.85. The minimum atomic E-state index is 0.671. The normalized spacial score (nSPS) is 7.43. The Balaban J connectivity index is 2.60. The summed E-state index contributed by atoms with van der Waals surface area (Å²) in [6, 6.07) is 2.27. The second-order valence-corrected chi connectivity index (χ2v) is 1.06. The minimum Gasteiger partial charge on any atom is -0.383 e. The van der Waals surface area contributed by atoms with E-state index in [1.54, 1.807) is 7.11 Å². The van der Waals surface area contributed by atoms with E-state index in [1.165, 1.54) is 0 Å². The van der Waals surface area contributed by atoms with E-state index < -0.39 is 0 Å². The van der Waals surface area contributed by atoms with Crippen LogP contribution >= 0.6 is 0 Å². The van der Waals surface area contributed by atoms with Gasteiger partial charge in [-0.3, -0.25) is 0 Å². The fourth-order valence-electron chi connectivity index (χ4n) is 0.225. The highest BCUT2D eigenvalue weighted by Gasteiger charge is 1.74. The quantitative estimate of drug-likeness (QED) is 0.301. The SMILES string of the molecule is C#CNCCOC. The van der Waals surface area contributed by atoms with Gasteiger partial charge in [-0.05, 0) is 0 Å². The van der Waals surface area contributed by atoms with E-state index in [0.29, 0.717) is 6.61 Å². The standard InChI is InChI=1S/C5H9NO/c1-3-6-4-5-7-2/h1,6H,4-5H2,2H3. The van der Waals surface area contributed by atoms with E-state index in [4.69, 9.17) is 6.42 Å². The summed E-state index contributed by atoms with van der Waals surface area (Å²) in [5.74, 6) is 0. The first-order valence-corrected chi connectivity index (χ1v) is 2.09. The van der Waals surface area contributed by atoms with Crippen LogP contribution in [0.5, 0.6) is 0 Å². The first-order chi connectivity index (χ1) is 3.41. The van der Waals surface area contributed by atoms with Crippen LogP contribution in [0, 0.1) is 12.5 Å². The Hall–Kier alpha value is -0.680. The molecular formula is C5H9NO. The third kappa shape index (κ3) is 5.32. The monoisotopic (exact) mass is 99.1 g/mol. The molecule has 0 saturated carbocycles. The number of hydrogen-bond acceptors (Lipinski definition) is 2. The van der Waals surface area contributed by atoms with Crippen LogP contribution in [-0.4, -0.2) is 20.3 Å². The van der Waals surface area contributed by atoms with Gasteiger partial charge in [0.25, 0.3) is 0 Å². The lowest BCUT2D eigenvalue weighted by atomic mass is 10.7. The first-order valence-electron chi connectivity index (χ1n) is 2.09. The Morgan fingerprint density at radius 3 is 3.00 bits per heavy atom. The molecule has 0 aliphatic rings. The fraction of sp³-hybridized carbons (Fsp3) is 0.600. The van der Waals surface area contributed by atoms with Crippen molar-refractivity contribution in [3.63, 3.8) is 0 Å². The summed E-state index contributed by atoms with van der Waals surface area (Å²) >= 11 is 0. The third-order valence-corrected chi connectivity index (χ3v) is 0.533. The summed E-state index contributed by atoms with van der Waals surface area (Å²) in [5, 5.41) is 2.65. The van der Waals surface area contributed by atoms with Crippen molar-refractivity contribution in [3.8, 4) is 12.5 Å². The van der Waals surface area contributed by atoms with Crippen LogP contribution in [0.15, 0.2) is 0 Å². The predicted molar refractivity (Wildman–Crippen MR) is 28.7 cm³/mol. The Bertz CT molecular complexity index is 65.0. The molecule has 0 atom stereocenters. The highest BCUT2D eigenvalue weighted by Crippen LogP contribution is 1.59. The minimum absolute atomic E-state index is 0.671. The molecular weight excluding hydrogens is 90.1 g/mol. The molecule has 0 aromatic rings. The Labute approximate surface area is 43.9 Å². The molecule has 0 fully saturated rings. The molecule has 0 aromatic carbocycles. The van der Waals surface area contributed by atoms with Crippen LogP contribution in [0.2, 0.25) is 0 Å². The van der Waals surface area contributed by atoms with Crippen molar-refractivity contribution in [2.45, 2.75) is 0 Å². The van der Waals surface area contributed by atoms with Crippen LogP contribution in [0.25, 0.3) is 0 Å². The van der Waals surface area contributed by atoms with E-state index >= 15 is 0 Å². The predicted octanol–water partition coefficient (Wildman–Crippen LogP) is -0.187. The average molecular weight is 99.1 g/mol. The van der Waals surface area contributed by atoms with Crippen molar-refractivity contribution in [3.05, 3.63) is 0 Å². The molecule has 0 aromatic heterocycles. The highest BCUT2D eigenvalue weighted by atomic mass is 16.5. The molecule has 0 unspecified atom stereocenters. The highest BCUT2D eigenvalue weighted by molar-refractivity contribution is 4.78. The van der Waals surface area contributed by atoms with E-state index in [-0.39, 0.29) is 0 Å². The van der Waals surface area contributed by atoms with E-state index in [1.807, 2.05) is 0 Å². The summed E-state index contributed by atoms with van der Waals surface area (Å²) in [7, 11) is 1.64. The Kier molecular flexibility index (Phi) is 4.80. The number of methoxy groups -OCH3 is 1. The van der Waals surface area contributed by atoms with Crippen LogP contribution in [0.1, 0.15) is 0 Å². The van der Waals surface area contributed by atoms with Crippen molar-refractivity contribution < 1.29 is 4.74 Å². The summed E-state index contributed by atoms with van der Waals surface area (Å²) in [6.07, 6.45) is 4.85. The van der Waals surface area contributed by atoms with Gasteiger partial charge in [0, 0.05) is 19.7 Å². The van der Waals surface area contributed by atoms with Gasteiger partial charge in [0.2, 0.25) is 0 Å². The molecule has 2 heteroatoms. The first kappa shape index (κ1) is 6.32. The van der Waals surface area contributed by atoms with Crippen molar-refractivity contribution in [2.24, 2.45) is 0 Å². The van der Waals surface area contributed by atoms with Crippen LogP contribution in [-0.2, 0) is 4.74 Å². The molecule has 0 aliphatic heterocycles. The van der Waals surface area contributed by atoms with Gasteiger partial charge in [0.05, 0.1) is 6.61 Å². The molecule has 0 spiro atoms. The Morgan fingerprint density at radius 2 is 2.57 bits per heavy atom. The molecule has 7 heavy (non-hydrogen) atoms. The van der Waals surface area contributed by atoms with Crippen LogP contribution in [0.4, 0.5) is 0 Å². The molecule has 0 saturated heterocycles. The van der Waals surface area contributed by atoms with Gasteiger partial charge in [-0.15, -0.1) is 0 Å². The zero-order valence-corrected chi connectivity index (χ0v) is 4.40. The van der Waals surface area contributed by atoms with Gasteiger partial charge in [0.1, 0.15) is 0 Å². The van der Waals surface area contributed by atoms with Crippen molar-refractivity contribution >= 4 is 0 Å². The largest absolute Gasteiger partial charge is 0.383 e. The zero-order valence-electron chi connectivity index (χ0n) is 4.40. The van der Waals surface area contributed by atoms with Gasteiger partial charge in [-0.2, -0.15) is 0 Å². The summed E-state index contributed by atoms with van der Waals surface area (Å²) in [5.41, 5.74) is 0. The summed E-state index contributed by atoms with van der Waals surface area (Å²) < 4.78 is 4.69. The maximum Gasteiger partial charge on any atom is 0.0642 e. The third-order valence-electron chi connectivity index (χ3n) is 0.533. The second kappa shape index (κ2) is 5.32. The number of nitrogens with one attached hydrogen (secondary N) is 1. The molecule has 0 bridgehead atoms. The molecule has 2 nitrogen and oxygen atoms in total. The molecule has 0 rings (SSSR count). The fourth-order valence-corrected chi connectivity index (χ4v) is 0.225.